The molecule has 1 aromatic rings. The number of furan rings is 1. The number of primary sulfonamides is 1. The highest BCUT2D eigenvalue weighted by Crippen LogP contribution is 2.27. The van der Waals surface area contributed by atoms with Gasteiger partial charge in [-0.2, -0.15) is 0 Å². The van der Waals surface area contributed by atoms with E-state index in [0.717, 1.165) is 19.3 Å². The molecule has 0 aliphatic carbocycles. The van der Waals surface area contributed by atoms with Crippen LogP contribution in [0.4, 0.5) is 0 Å². The van der Waals surface area contributed by atoms with E-state index in [0.29, 0.717) is 6.54 Å². The third-order valence-corrected chi connectivity index (χ3v) is 5.00. The molecule has 1 amide bonds. The molecule has 0 radical (unpaired) electrons. The fourth-order valence-electron chi connectivity index (χ4n) is 2.19. The number of carbonyl (C=O) groups excluding carboxylic acids is 1. The minimum atomic E-state index is -3.90. The second kappa shape index (κ2) is 5.26. The van der Waals surface area contributed by atoms with Gasteiger partial charge in [-0.05, 0) is 42.1 Å². The number of hydrogen-bond donors (Lipinski definition) is 1. The number of carbonyl (C=O) groups is 1. The lowest BCUT2D eigenvalue weighted by Crippen LogP contribution is -2.41. The SMILES string of the molecule is CC1CCCCN1C(=O)c1cc(S(N)(=O)=O)c(Br)o1. The van der Waals surface area contributed by atoms with E-state index in [4.69, 9.17) is 9.56 Å². The third kappa shape index (κ3) is 3.01. The van der Waals surface area contributed by atoms with Gasteiger partial charge in [-0.25, -0.2) is 13.6 Å². The molecule has 2 heterocycles. The summed E-state index contributed by atoms with van der Waals surface area (Å²) in [5.41, 5.74) is 0. The van der Waals surface area contributed by atoms with E-state index in [1.807, 2.05) is 6.92 Å². The van der Waals surface area contributed by atoms with Gasteiger partial charge in [0.25, 0.3) is 5.91 Å². The molecule has 6 nitrogen and oxygen atoms in total. The van der Waals surface area contributed by atoms with Gasteiger partial charge in [0, 0.05) is 18.7 Å². The molecule has 106 valence electrons. The fraction of sp³-hybridized carbons (Fsp3) is 0.545. The molecule has 1 atom stereocenters. The number of nitrogens with zero attached hydrogens (tertiary/aromatic N) is 1. The Morgan fingerprint density at radius 3 is 2.74 bits per heavy atom. The molecule has 1 aliphatic heterocycles. The Kier molecular flexibility index (Phi) is 4.03. The summed E-state index contributed by atoms with van der Waals surface area (Å²) < 4.78 is 27.7. The van der Waals surface area contributed by atoms with Crippen molar-refractivity contribution in [2.45, 2.75) is 37.1 Å². The highest BCUT2D eigenvalue weighted by molar-refractivity contribution is 9.10. The van der Waals surface area contributed by atoms with E-state index in [-0.39, 0.29) is 27.3 Å². The average molecular weight is 351 g/mol. The van der Waals surface area contributed by atoms with Crippen LogP contribution in [0.1, 0.15) is 36.7 Å². The van der Waals surface area contributed by atoms with E-state index in [1.165, 1.54) is 6.07 Å². The van der Waals surface area contributed by atoms with E-state index < -0.39 is 10.0 Å². The highest BCUT2D eigenvalue weighted by atomic mass is 79.9. The maximum atomic E-state index is 12.3. The molecular weight excluding hydrogens is 336 g/mol. The molecule has 1 aliphatic rings. The van der Waals surface area contributed by atoms with Crippen molar-refractivity contribution in [3.05, 3.63) is 16.5 Å². The van der Waals surface area contributed by atoms with Crippen molar-refractivity contribution in [3.8, 4) is 0 Å². The Balaban J connectivity index is 2.30. The first-order chi connectivity index (χ1) is 8.80. The first-order valence-electron chi connectivity index (χ1n) is 5.94. The van der Waals surface area contributed by atoms with Gasteiger partial charge in [0.15, 0.2) is 10.4 Å². The normalized spacial score (nSPS) is 20.6. The first-order valence-corrected chi connectivity index (χ1v) is 8.27. The molecule has 1 unspecified atom stereocenters. The summed E-state index contributed by atoms with van der Waals surface area (Å²) >= 11 is 2.96. The van der Waals surface area contributed by atoms with Gasteiger partial charge in [-0.15, -0.1) is 0 Å². The minimum absolute atomic E-state index is 0.00958. The van der Waals surface area contributed by atoms with Gasteiger partial charge >= 0.3 is 0 Å². The Bertz CT molecular complexity index is 596. The zero-order valence-electron chi connectivity index (χ0n) is 10.4. The van der Waals surface area contributed by atoms with Crippen LogP contribution >= 0.6 is 15.9 Å². The van der Waals surface area contributed by atoms with Gasteiger partial charge in [0.2, 0.25) is 10.0 Å². The Hall–Kier alpha value is -0.860. The van der Waals surface area contributed by atoms with Crippen LogP contribution in [-0.2, 0) is 10.0 Å². The van der Waals surface area contributed by atoms with E-state index in [2.05, 4.69) is 15.9 Å². The van der Waals surface area contributed by atoms with Gasteiger partial charge < -0.3 is 9.32 Å². The molecule has 2 rings (SSSR count). The third-order valence-electron chi connectivity index (χ3n) is 3.24. The van der Waals surface area contributed by atoms with E-state index in [9.17, 15) is 13.2 Å². The average Bonchev–Trinajstić information content (AvgIpc) is 2.71. The second-order valence-electron chi connectivity index (χ2n) is 4.64. The number of sulfonamides is 1. The molecule has 0 aromatic carbocycles. The predicted molar refractivity (Wildman–Crippen MR) is 72.1 cm³/mol. The number of piperidine rings is 1. The zero-order chi connectivity index (χ0) is 14.2. The summed E-state index contributed by atoms with van der Waals surface area (Å²) in [5.74, 6) is -0.313. The van der Waals surface area contributed by atoms with Crippen molar-refractivity contribution in [2.75, 3.05) is 6.54 Å². The second-order valence-corrected chi connectivity index (χ2v) is 6.89. The highest BCUT2D eigenvalue weighted by Gasteiger charge is 2.29. The molecule has 2 N–H and O–H groups in total. The van der Waals surface area contributed by atoms with Crippen LogP contribution in [0.2, 0.25) is 0 Å². The summed E-state index contributed by atoms with van der Waals surface area (Å²) in [6, 6.07) is 1.30. The Labute approximate surface area is 120 Å². The Morgan fingerprint density at radius 2 is 2.21 bits per heavy atom. The lowest BCUT2D eigenvalue weighted by molar-refractivity contribution is 0.0601. The molecule has 1 aromatic heterocycles. The summed E-state index contributed by atoms with van der Waals surface area (Å²) in [4.78, 5) is 13.8. The molecule has 0 bridgehead atoms. The first kappa shape index (κ1) is 14.5. The van der Waals surface area contributed by atoms with Gasteiger partial charge in [-0.1, -0.05) is 0 Å². The summed E-state index contributed by atoms with van der Waals surface area (Å²) in [7, 11) is -3.90. The van der Waals surface area contributed by atoms with Crippen LogP contribution in [0.25, 0.3) is 0 Å². The molecule has 1 saturated heterocycles. The summed E-state index contributed by atoms with van der Waals surface area (Å²) in [6.07, 6.45) is 2.98. The molecule has 8 heteroatoms. The topological polar surface area (TPSA) is 93.6 Å². The molecular formula is C11H15BrN2O4S. The van der Waals surface area contributed by atoms with Crippen LogP contribution in [0.5, 0.6) is 0 Å². The number of rotatable bonds is 2. The lowest BCUT2D eigenvalue weighted by Gasteiger charge is -2.32. The van der Waals surface area contributed by atoms with Crippen molar-refractivity contribution in [1.29, 1.82) is 0 Å². The van der Waals surface area contributed by atoms with Crippen molar-refractivity contribution in [1.82, 2.24) is 4.90 Å². The summed E-state index contributed by atoms with van der Waals surface area (Å²) in [5, 5.41) is 5.03. The smallest absolute Gasteiger partial charge is 0.289 e. The number of amides is 1. The maximum absolute atomic E-state index is 12.3. The van der Waals surface area contributed by atoms with Gasteiger partial charge in [-0.3, -0.25) is 4.79 Å². The zero-order valence-corrected chi connectivity index (χ0v) is 12.8. The van der Waals surface area contributed by atoms with Crippen molar-refractivity contribution in [3.63, 3.8) is 0 Å². The molecule has 1 fully saturated rings. The summed E-state index contributed by atoms with van der Waals surface area (Å²) in [6.45, 7) is 2.62. The minimum Gasteiger partial charge on any atom is -0.443 e. The van der Waals surface area contributed by atoms with E-state index >= 15 is 0 Å². The van der Waals surface area contributed by atoms with Crippen LogP contribution in [0.3, 0.4) is 0 Å². The maximum Gasteiger partial charge on any atom is 0.289 e. The van der Waals surface area contributed by atoms with Gasteiger partial charge in [0.1, 0.15) is 4.90 Å². The van der Waals surface area contributed by atoms with Crippen LogP contribution in [0.15, 0.2) is 20.0 Å². The number of halogens is 1. The van der Waals surface area contributed by atoms with Crippen LogP contribution in [-0.4, -0.2) is 31.8 Å². The Morgan fingerprint density at radius 1 is 1.53 bits per heavy atom. The molecule has 0 spiro atoms. The lowest BCUT2D eigenvalue weighted by atomic mass is 10.0. The quantitative estimate of drug-likeness (QED) is 0.878. The van der Waals surface area contributed by atoms with Gasteiger partial charge in [0.05, 0.1) is 0 Å². The monoisotopic (exact) mass is 350 g/mol. The molecule has 0 saturated carbocycles. The van der Waals surface area contributed by atoms with Crippen molar-refractivity contribution in [2.24, 2.45) is 5.14 Å². The number of likely N-dealkylation sites (tertiary alicyclic amines) is 1. The largest absolute Gasteiger partial charge is 0.443 e. The van der Waals surface area contributed by atoms with Crippen LogP contribution < -0.4 is 5.14 Å². The molecule has 19 heavy (non-hydrogen) atoms. The van der Waals surface area contributed by atoms with Crippen molar-refractivity contribution < 1.29 is 17.6 Å². The standard InChI is InChI=1S/C11H15BrN2O4S/c1-7-4-2-3-5-14(7)11(15)8-6-9(10(12)18-8)19(13,16)17/h6-7H,2-5H2,1H3,(H2,13,16,17). The van der Waals surface area contributed by atoms with E-state index in [1.54, 1.807) is 4.90 Å². The predicted octanol–water partition coefficient (Wildman–Crippen LogP) is 1.70. The number of nitrogens with two attached hydrogens (primary N) is 1. The van der Waals surface area contributed by atoms with Crippen molar-refractivity contribution >= 4 is 31.9 Å². The number of hydrogen-bond acceptors (Lipinski definition) is 4. The van der Waals surface area contributed by atoms with Crippen LogP contribution in [0, 0.1) is 0 Å². The fourth-order valence-corrected chi connectivity index (χ4v) is 3.70.